The topological polar surface area (TPSA) is 93.7 Å². The number of benzene rings is 1. The van der Waals surface area contributed by atoms with E-state index in [1.54, 1.807) is 13.8 Å². The zero-order valence-electron chi connectivity index (χ0n) is 15.6. The van der Waals surface area contributed by atoms with Gasteiger partial charge in [-0.25, -0.2) is 19.7 Å². The smallest absolute Gasteiger partial charge is 0.329 e. The van der Waals surface area contributed by atoms with Crippen LogP contribution in [0.3, 0.4) is 0 Å². The second kappa shape index (κ2) is 5.75. The molecule has 2 aliphatic heterocycles. The van der Waals surface area contributed by atoms with E-state index in [4.69, 9.17) is 9.47 Å². The van der Waals surface area contributed by atoms with Gasteiger partial charge in [0, 0.05) is 0 Å². The maximum absolute atomic E-state index is 12.3. The Morgan fingerprint density at radius 1 is 1.15 bits per heavy atom. The van der Waals surface area contributed by atoms with Crippen molar-refractivity contribution >= 4 is 17.6 Å². The van der Waals surface area contributed by atoms with Gasteiger partial charge < -0.3 is 14.8 Å². The minimum absolute atomic E-state index is 0.127. The van der Waals surface area contributed by atoms with Gasteiger partial charge in [0.25, 0.3) is 5.91 Å². The predicted octanol–water partition coefficient (Wildman–Crippen LogP) is 2.87. The molecule has 0 aliphatic carbocycles. The van der Waals surface area contributed by atoms with E-state index in [0.29, 0.717) is 18.0 Å². The number of urea groups is 1. The number of fused-ring (bicyclic) bond motifs is 1. The molecule has 4 rings (SSSR count). The largest absolute Gasteiger partial charge is 0.424 e. The Kier molecular flexibility index (Phi) is 3.71. The fourth-order valence-corrected chi connectivity index (χ4v) is 3.21. The highest BCUT2D eigenvalue weighted by Crippen LogP contribution is 2.38. The van der Waals surface area contributed by atoms with Crippen LogP contribution in [0.25, 0.3) is 0 Å². The zero-order valence-corrected chi connectivity index (χ0v) is 15.6. The van der Waals surface area contributed by atoms with Crippen LogP contribution in [-0.2, 0) is 21.7 Å². The van der Waals surface area contributed by atoms with Crippen molar-refractivity contribution in [2.75, 3.05) is 4.90 Å². The molecule has 0 saturated carbocycles. The van der Waals surface area contributed by atoms with E-state index in [2.05, 4.69) is 15.3 Å². The Balaban J connectivity index is 1.54. The molecule has 0 atom stereocenters. The van der Waals surface area contributed by atoms with Gasteiger partial charge in [0.2, 0.25) is 0 Å². The second-order valence-electron chi connectivity index (χ2n) is 7.64. The summed E-state index contributed by atoms with van der Waals surface area (Å²) in [6, 6.07) is 5.34. The van der Waals surface area contributed by atoms with Crippen LogP contribution in [0.1, 0.15) is 38.8 Å². The molecule has 0 radical (unpaired) electrons. The highest BCUT2D eigenvalue weighted by Gasteiger charge is 2.45. The number of anilines is 1. The first kappa shape index (κ1) is 17.4. The Hall–Kier alpha value is -3.00. The molecule has 1 fully saturated rings. The van der Waals surface area contributed by atoms with Crippen molar-refractivity contribution in [3.63, 3.8) is 0 Å². The number of amides is 3. The first-order chi connectivity index (χ1) is 12.7. The molecule has 0 unspecified atom stereocenters. The minimum atomic E-state index is -0.953. The van der Waals surface area contributed by atoms with Crippen LogP contribution < -0.4 is 15.0 Å². The van der Waals surface area contributed by atoms with Gasteiger partial charge in [0.1, 0.15) is 11.3 Å². The third-order valence-corrected chi connectivity index (χ3v) is 4.76. The lowest BCUT2D eigenvalue weighted by Crippen LogP contribution is -2.40. The highest BCUT2D eigenvalue weighted by molar-refractivity contribution is 6.22. The number of ether oxygens (including phenoxy) is 2. The fourth-order valence-electron chi connectivity index (χ4n) is 3.21. The van der Waals surface area contributed by atoms with Crippen molar-refractivity contribution in [1.29, 1.82) is 0 Å². The summed E-state index contributed by atoms with van der Waals surface area (Å²) in [5.41, 5.74) is 1.17. The molecule has 3 amide bonds. The Morgan fingerprint density at radius 2 is 1.85 bits per heavy atom. The summed E-state index contributed by atoms with van der Waals surface area (Å²) < 4.78 is 11.5. The lowest BCUT2D eigenvalue weighted by Gasteiger charge is -2.18. The van der Waals surface area contributed by atoms with Crippen LogP contribution in [0, 0.1) is 0 Å². The van der Waals surface area contributed by atoms with Crippen molar-refractivity contribution in [2.45, 2.75) is 45.4 Å². The summed E-state index contributed by atoms with van der Waals surface area (Å²) in [5, 5.41) is 2.62. The SMILES string of the molecule is CC1(C)NC(=O)N(c2cnc(Oc3ccc4c(c3)C(C)(C)OC4)nc2)C1=O. The quantitative estimate of drug-likeness (QED) is 0.838. The van der Waals surface area contributed by atoms with Gasteiger partial charge in [-0.1, -0.05) is 6.07 Å². The maximum atomic E-state index is 12.3. The molecule has 1 aromatic carbocycles. The van der Waals surface area contributed by atoms with E-state index in [1.807, 2.05) is 32.0 Å². The van der Waals surface area contributed by atoms with Crippen LogP contribution in [0.4, 0.5) is 10.5 Å². The van der Waals surface area contributed by atoms with Gasteiger partial charge in [-0.05, 0) is 51.0 Å². The number of nitrogens with zero attached hydrogens (tertiary/aromatic N) is 3. The number of carbonyl (C=O) groups is 2. The lowest BCUT2D eigenvalue weighted by molar-refractivity contribution is -0.121. The van der Waals surface area contributed by atoms with Crippen molar-refractivity contribution in [3.05, 3.63) is 41.7 Å². The predicted molar refractivity (Wildman–Crippen MR) is 96.5 cm³/mol. The normalized spacial score (nSPS) is 19.8. The van der Waals surface area contributed by atoms with E-state index in [-0.39, 0.29) is 17.5 Å². The van der Waals surface area contributed by atoms with Gasteiger partial charge in [-0.2, -0.15) is 0 Å². The summed E-state index contributed by atoms with van der Waals surface area (Å²) >= 11 is 0. The average Bonchev–Trinajstić information content (AvgIpc) is 3.01. The molecule has 27 heavy (non-hydrogen) atoms. The first-order valence-corrected chi connectivity index (χ1v) is 8.61. The average molecular weight is 368 g/mol. The monoisotopic (exact) mass is 368 g/mol. The van der Waals surface area contributed by atoms with Crippen molar-refractivity contribution in [1.82, 2.24) is 15.3 Å². The van der Waals surface area contributed by atoms with E-state index in [0.717, 1.165) is 16.0 Å². The van der Waals surface area contributed by atoms with Crippen LogP contribution >= 0.6 is 0 Å². The van der Waals surface area contributed by atoms with Crippen molar-refractivity contribution < 1.29 is 19.1 Å². The maximum Gasteiger partial charge on any atom is 0.329 e. The molecule has 8 heteroatoms. The van der Waals surface area contributed by atoms with Crippen LogP contribution in [-0.4, -0.2) is 27.4 Å². The Labute approximate surface area is 156 Å². The van der Waals surface area contributed by atoms with Gasteiger partial charge in [0.15, 0.2) is 0 Å². The van der Waals surface area contributed by atoms with Gasteiger partial charge in [-0.3, -0.25) is 4.79 Å². The minimum Gasteiger partial charge on any atom is -0.424 e. The molecule has 2 aromatic rings. The Bertz CT molecular complexity index is 937. The molecule has 8 nitrogen and oxygen atoms in total. The van der Waals surface area contributed by atoms with E-state index < -0.39 is 11.6 Å². The number of imide groups is 1. The van der Waals surface area contributed by atoms with E-state index in [1.165, 1.54) is 12.4 Å². The van der Waals surface area contributed by atoms with Gasteiger partial charge >= 0.3 is 12.0 Å². The lowest BCUT2D eigenvalue weighted by atomic mass is 9.96. The number of rotatable bonds is 3. The van der Waals surface area contributed by atoms with Crippen LogP contribution in [0.15, 0.2) is 30.6 Å². The summed E-state index contributed by atoms with van der Waals surface area (Å²) in [6.07, 6.45) is 2.78. The standard InChI is InChI=1S/C19H20N4O4/c1-18(2)15(24)23(17(25)22-18)12-8-20-16(21-9-12)27-13-6-5-11-10-26-19(3,4)14(11)7-13/h5-9H,10H2,1-4H3,(H,22,25). The van der Waals surface area contributed by atoms with Crippen molar-refractivity contribution in [3.8, 4) is 11.8 Å². The summed E-state index contributed by atoms with van der Waals surface area (Å²) in [7, 11) is 0. The van der Waals surface area contributed by atoms with E-state index in [9.17, 15) is 9.59 Å². The molecule has 140 valence electrons. The fraction of sp³-hybridized carbons (Fsp3) is 0.368. The molecule has 2 aliphatic rings. The molecule has 3 heterocycles. The number of hydrogen-bond acceptors (Lipinski definition) is 6. The third-order valence-electron chi connectivity index (χ3n) is 4.76. The molecular weight excluding hydrogens is 348 g/mol. The molecule has 1 saturated heterocycles. The third kappa shape index (κ3) is 2.91. The van der Waals surface area contributed by atoms with Gasteiger partial charge in [0.05, 0.1) is 30.3 Å². The number of carbonyl (C=O) groups excluding carboxylic acids is 2. The molecule has 0 spiro atoms. The summed E-state index contributed by atoms with van der Waals surface area (Å²) in [5.74, 6) is 0.238. The van der Waals surface area contributed by atoms with Gasteiger partial charge in [-0.15, -0.1) is 0 Å². The summed E-state index contributed by atoms with van der Waals surface area (Å²) in [4.78, 5) is 33.6. The molecule has 1 aromatic heterocycles. The number of hydrogen-bond donors (Lipinski definition) is 1. The van der Waals surface area contributed by atoms with E-state index >= 15 is 0 Å². The molecular formula is C19H20N4O4. The molecule has 0 bridgehead atoms. The van der Waals surface area contributed by atoms with Crippen LogP contribution in [0.2, 0.25) is 0 Å². The summed E-state index contributed by atoms with van der Waals surface area (Å²) in [6.45, 7) is 7.88. The second-order valence-corrected chi connectivity index (χ2v) is 7.64. The zero-order chi connectivity index (χ0) is 19.4. The first-order valence-electron chi connectivity index (χ1n) is 8.61. The highest BCUT2D eigenvalue weighted by atomic mass is 16.5. The Morgan fingerprint density at radius 3 is 2.48 bits per heavy atom. The van der Waals surface area contributed by atoms with Crippen LogP contribution in [0.5, 0.6) is 11.8 Å². The van der Waals surface area contributed by atoms with Crippen molar-refractivity contribution in [2.24, 2.45) is 0 Å². The number of nitrogens with one attached hydrogen (secondary N) is 1. The number of aromatic nitrogens is 2. The molecule has 1 N–H and O–H groups in total.